The molecule has 0 aromatic carbocycles. The smallest absolute Gasteiger partial charge is 0.303 e. The molecule has 0 aliphatic rings. The van der Waals surface area contributed by atoms with Gasteiger partial charge in [-0.2, -0.15) is 0 Å². The molecule has 1 N–H and O–H groups in total. The second-order valence-corrected chi connectivity index (χ2v) is 5.46. The molecule has 0 saturated heterocycles. The van der Waals surface area contributed by atoms with E-state index in [2.05, 4.69) is 28.6 Å². The van der Waals surface area contributed by atoms with Crippen molar-refractivity contribution in [1.82, 2.24) is 0 Å². The molecule has 0 amide bonds. The van der Waals surface area contributed by atoms with Crippen LogP contribution in [0.4, 0.5) is 0 Å². The van der Waals surface area contributed by atoms with Crippen molar-refractivity contribution in [3.05, 3.63) is 15.4 Å². The highest BCUT2D eigenvalue weighted by Gasteiger charge is 2.06. The topological polar surface area (TPSA) is 37.3 Å². The monoisotopic (exact) mass is 266 g/mol. The van der Waals surface area contributed by atoms with Gasteiger partial charge in [0.25, 0.3) is 0 Å². The van der Waals surface area contributed by atoms with Gasteiger partial charge in [0, 0.05) is 6.42 Å². The van der Waals surface area contributed by atoms with E-state index < -0.39 is 5.97 Å². The van der Waals surface area contributed by atoms with E-state index in [0.717, 1.165) is 13.6 Å². The van der Waals surface area contributed by atoms with Gasteiger partial charge in [-0.3, -0.25) is 4.79 Å². The molecule has 0 atom stereocenters. The van der Waals surface area contributed by atoms with Crippen LogP contribution in [0.15, 0.2) is 14.1 Å². The van der Waals surface area contributed by atoms with E-state index >= 15 is 0 Å². The Morgan fingerprint density at radius 1 is 1.75 bits per heavy atom. The van der Waals surface area contributed by atoms with Crippen molar-refractivity contribution >= 4 is 45.9 Å². The van der Waals surface area contributed by atoms with Crippen LogP contribution in [-0.4, -0.2) is 11.1 Å². The minimum atomic E-state index is -0.773. The maximum Gasteiger partial charge on any atom is 0.303 e. The zero-order valence-corrected chi connectivity index (χ0v) is 9.38. The number of hydrogen-bond acceptors (Lipinski definition) is 3. The molecule has 0 radical (unpaired) electrons. The van der Waals surface area contributed by atoms with E-state index in [0.29, 0.717) is 6.42 Å². The van der Waals surface area contributed by atoms with Crippen LogP contribution >= 0.6 is 39.9 Å². The van der Waals surface area contributed by atoms with Crippen molar-refractivity contribution in [3.63, 3.8) is 0 Å². The minimum Gasteiger partial charge on any atom is -0.481 e. The Hall–Kier alpha value is -0.000000000000000111. The lowest BCUT2D eigenvalue weighted by Gasteiger charge is -1.93. The molecule has 1 heterocycles. The number of carboxylic acids is 1. The summed E-state index contributed by atoms with van der Waals surface area (Å²) in [5.74, 6) is -0.773. The molecule has 0 spiro atoms. The molecule has 0 aliphatic heterocycles. The summed E-state index contributed by atoms with van der Waals surface area (Å²) in [6, 6.07) is 1.91. The third-order valence-corrected chi connectivity index (χ3v) is 3.41. The van der Waals surface area contributed by atoms with Crippen molar-refractivity contribution in [3.8, 4) is 0 Å². The Labute approximate surface area is 88.1 Å². The molecule has 66 valence electrons. The minimum absolute atomic E-state index is 0.163. The predicted molar refractivity (Wildman–Crippen MR) is 55.2 cm³/mol. The van der Waals surface area contributed by atoms with Gasteiger partial charge in [0.2, 0.25) is 0 Å². The van der Waals surface area contributed by atoms with Gasteiger partial charge in [0.15, 0.2) is 0 Å². The number of aryl methyl sites for hydroxylation is 1. The van der Waals surface area contributed by atoms with E-state index in [4.69, 9.17) is 5.11 Å². The first-order chi connectivity index (χ1) is 5.59. The highest BCUT2D eigenvalue weighted by molar-refractivity contribution is 9.11. The Morgan fingerprint density at radius 2 is 2.42 bits per heavy atom. The molecule has 0 unspecified atom stereocenters. The molecule has 1 aromatic heterocycles. The molecule has 0 aliphatic carbocycles. The number of halogens is 1. The average molecular weight is 267 g/mol. The second-order valence-electron chi connectivity index (χ2n) is 2.27. The summed E-state index contributed by atoms with van der Waals surface area (Å²) >= 11 is 9.04. The first-order valence-corrected chi connectivity index (χ1v) is 5.34. The van der Waals surface area contributed by atoms with Gasteiger partial charge in [0.1, 0.15) is 0 Å². The van der Waals surface area contributed by atoms with Crippen LogP contribution in [0.3, 0.4) is 0 Å². The quantitative estimate of drug-likeness (QED) is 0.826. The zero-order valence-electron chi connectivity index (χ0n) is 6.08. The fourth-order valence-corrected chi connectivity index (χ4v) is 3.09. The van der Waals surface area contributed by atoms with E-state index in [9.17, 15) is 4.79 Å². The van der Waals surface area contributed by atoms with Gasteiger partial charge in [-0.25, -0.2) is 0 Å². The van der Waals surface area contributed by atoms with Crippen LogP contribution in [0, 0.1) is 0 Å². The number of carbonyl (C=O) groups is 1. The van der Waals surface area contributed by atoms with Crippen molar-refractivity contribution in [2.45, 2.75) is 17.1 Å². The summed E-state index contributed by atoms with van der Waals surface area (Å²) in [5, 5.41) is 8.44. The molecule has 2 nitrogen and oxygen atoms in total. The molecule has 0 saturated carbocycles. The zero-order chi connectivity index (χ0) is 9.14. The highest BCUT2D eigenvalue weighted by atomic mass is 79.9. The van der Waals surface area contributed by atoms with Crippen molar-refractivity contribution in [2.24, 2.45) is 0 Å². The summed E-state index contributed by atoms with van der Waals surface area (Å²) in [6.07, 6.45) is 0.715. The van der Waals surface area contributed by atoms with Crippen molar-refractivity contribution < 1.29 is 9.90 Å². The SMILES string of the molecule is O=C(O)CCc1cc(Br)sc1S. The van der Waals surface area contributed by atoms with E-state index in [1.165, 1.54) is 11.3 Å². The van der Waals surface area contributed by atoms with Crippen LogP contribution in [-0.2, 0) is 11.2 Å². The number of hydrogen-bond donors (Lipinski definition) is 2. The number of thiol groups is 1. The van der Waals surface area contributed by atoms with Crippen LogP contribution in [0.2, 0.25) is 0 Å². The normalized spacial score (nSPS) is 10.2. The Morgan fingerprint density at radius 3 is 2.83 bits per heavy atom. The maximum absolute atomic E-state index is 10.3. The summed E-state index contributed by atoms with van der Waals surface area (Å²) in [4.78, 5) is 10.3. The van der Waals surface area contributed by atoms with E-state index in [1.807, 2.05) is 6.07 Å². The molecule has 1 rings (SSSR count). The lowest BCUT2D eigenvalue weighted by atomic mass is 10.2. The third kappa shape index (κ3) is 2.80. The van der Waals surface area contributed by atoms with Crippen LogP contribution in [0.25, 0.3) is 0 Å². The van der Waals surface area contributed by atoms with Gasteiger partial charge in [-0.15, -0.1) is 24.0 Å². The van der Waals surface area contributed by atoms with Crippen LogP contribution < -0.4 is 0 Å². The summed E-state index contributed by atoms with van der Waals surface area (Å²) in [6.45, 7) is 0. The van der Waals surface area contributed by atoms with Crippen LogP contribution in [0.5, 0.6) is 0 Å². The Balaban J connectivity index is 2.62. The summed E-state index contributed by atoms with van der Waals surface area (Å²) in [5.41, 5.74) is 0.998. The largest absolute Gasteiger partial charge is 0.481 e. The predicted octanol–water partition coefficient (Wildman–Crippen LogP) is 2.82. The standard InChI is InChI=1S/C7H7BrO2S2/c8-5-3-4(7(11)12-5)1-2-6(9)10/h3,11H,1-2H2,(H,9,10). The van der Waals surface area contributed by atoms with Crippen molar-refractivity contribution in [1.29, 1.82) is 0 Å². The Kier molecular flexibility index (Phi) is 3.61. The molecule has 5 heteroatoms. The van der Waals surface area contributed by atoms with E-state index in [1.54, 1.807) is 0 Å². The lowest BCUT2D eigenvalue weighted by molar-refractivity contribution is -0.136. The molecule has 1 aromatic rings. The van der Waals surface area contributed by atoms with Gasteiger partial charge in [-0.05, 0) is 34.0 Å². The number of thiophene rings is 1. The Bertz CT molecular complexity index is 296. The van der Waals surface area contributed by atoms with E-state index in [-0.39, 0.29) is 6.42 Å². The van der Waals surface area contributed by atoms with Gasteiger partial charge in [0.05, 0.1) is 8.00 Å². The van der Waals surface area contributed by atoms with Gasteiger partial charge >= 0.3 is 5.97 Å². The number of rotatable bonds is 3. The maximum atomic E-state index is 10.3. The molecule has 12 heavy (non-hydrogen) atoms. The first-order valence-electron chi connectivity index (χ1n) is 3.28. The lowest BCUT2D eigenvalue weighted by Crippen LogP contribution is -1.96. The average Bonchev–Trinajstić information content (AvgIpc) is 2.26. The fourth-order valence-electron chi connectivity index (χ4n) is 0.807. The second kappa shape index (κ2) is 4.30. The molecular weight excluding hydrogens is 260 g/mol. The molecular formula is C7H7BrO2S2. The number of carboxylic acid groups (broad SMARTS) is 1. The highest BCUT2D eigenvalue weighted by Crippen LogP contribution is 2.30. The van der Waals surface area contributed by atoms with Gasteiger partial charge < -0.3 is 5.11 Å². The fraction of sp³-hybridized carbons (Fsp3) is 0.286. The van der Waals surface area contributed by atoms with Crippen LogP contribution in [0.1, 0.15) is 12.0 Å². The third-order valence-electron chi connectivity index (χ3n) is 1.36. The first kappa shape index (κ1) is 10.1. The summed E-state index contributed by atoms with van der Waals surface area (Å²) < 4.78 is 1.89. The number of aliphatic carboxylic acids is 1. The molecule has 0 fully saturated rings. The van der Waals surface area contributed by atoms with Crippen molar-refractivity contribution in [2.75, 3.05) is 0 Å². The summed E-state index contributed by atoms with van der Waals surface area (Å²) in [7, 11) is 0. The molecule has 0 bridgehead atoms. The van der Waals surface area contributed by atoms with Gasteiger partial charge in [-0.1, -0.05) is 0 Å².